The third-order valence-electron chi connectivity index (χ3n) is 2.43. The van der Waals surface area contributed by atoms with Gasteiger partial charge < -0.3 is 5.32 Å². The van der Waals surface area contributed by atoms with Crippen molar-refractivity contribution in [3.63, 3.8) is 0 Å². The molecular weight excluding hydrogens is 232 g/mol. The fraction of sp³-hybridized carbons (Fsp3) is 0.0769. The van der Waals surface area contributed by atoms with Crippen LogP contribution in [0.15, 0.2) is 48.2 Å². The molecule has 0 aliphatic carbocycles. The standard InChI is InChI=1S/C13H12N2OS/c1-15-12(16)11(14-13(15)17)9-5-8-10-6-3-2-4-7-10/h2-9H,1H3,(H,14,17)/b8-5+,11-9-. The second kappa shape index (κ2) is 4.93. The number of carbonyl (C=O) groups excluding carboxylic acids is 1. The zero-order chi connectivity index (χ0) is 12.3. The van der Waals surface area contributed by atoms with E-state index in [9.17, 15) is 4.79 Å². The molecule has 2 rings (SSSR count). The van der Waals surface area contributed by atoms with Gasteiger partial charge in [-0.15, -0.1) is 0 Å². The molecule has 0 unspecified atom stereocenters. The molecule has 4 heteroatoms. The Hall–Kier alpha value is -1.94. The summed E-state index contributed by atoms with van der Waals surface area (Å²) in [5.41, 5.74) is 1.59. The molecule has 17 heavy (non-hydrogen) atoms. The summed E-state index contributed by atoms with van der Waals surface area (Å²) in [5, 5.41) is 3.30. The Labute approximate surface area is 105 Å². The van der Waals surface area contributed by atoms with Gasteiger partial charge in [0.1, 0.15) is 5.70 Å². The molecule has 1 heterocycles. The SMILES string of the molecule is CN1C(=O)/C(=C/C=C/c2ccccc2)NC1=S. The van der Waals surface area contributed by atoms with Crippen molar-refractivity contribution in [2.24, 2.45) is 0 Å². The Balaban J connectivity index is 2.10. The van der Waals surface area contributed by atoms with E-state index in [4.69, 9.17) is 12.2 Å². The highest BCUT2D eigenvalue weighted by molar-refractivity contribution is 7.80. The van der Waals surface area contributed by atoms with Crippen molar-refractivity contribution in [1.82, 2.24) is 10.2 Å². The maximum atomic E-state index is 11.6. The molecule has 1 fully saturated rings. The van der Waals surface area contributed by atoms with Gasteiger partial charge in [-0.05, 0) is 23.9 Å². The van der Waals surface area contributed by atoms with Crippen molar-refractivity contribution < 1.29 is 4.79 Å². The molecule has 1 N–H and O–H groups in total. The van der Waals surface area contributed by atoms with Crippen LogP contribution in [0.4, 0.5) is 0 Å². The van der Waals surface area contributed by atoms with Crippen LogP contribution >= 0.6 is 12.2 Å². The molecule has 1 saturated heterocycles. The molecule has 1 aliphatic rings. The van der Waals surface area contributed by atoms with Crippen molar-refractivity contribution in [2.75, 3.05) is 7.05 Å². The van der Waals surface area contributed by atoms with E-state index in [1.54, 1.807) is 13.1 Å². The minimum atomic E-state index is -0.104. The number of amides is 1. The first kappa shape index (κ1) is 11.5. The van der Waals surface area contributed by atoms with Crippen molar-refractivity contribution >= 4 is 29.3 Å². The lowest BCUT2D eigenvalue weighted by Crippen LogP contribution is -2.25. The highest BCUT2D eigenvalue weighted by atomic mass is 32.1. The Morgan fingerprint density at radius 1 is 1.29 bits per heavy atom. The Morgan fingerprint density at radius 3 is 2.59 bits per heavy atom. The maximum Gasteiger partial charge on any atom is 0.276 e. The van der Waals surface area contributed by atoms with Crippen LogP contribution in [-0.4, -0.2) is 23.0 Å². The van der Waals surface area contributed by atoms with Gasteiger partial charge in [-0.1, -0.05) is 42.5 Å². The molecule has 0 aromatic heterocycles. The number of benzene rings is 1. The average Bonchev–Trinajstić information content (AvgIpc) is 2.59. The first-order valence-electron chi connectivity index (χ1n) is 5.21. The first-order valence-corrected chi connectivity index (χ1v) is 5.62. The van der Waals surface area contributed by atoms with E-state index in [1.807, 2.05) is 42.5 Å². The Bertz CT molecular complexity index is 505. The molecule has 0 saturated carbocycles. The van der Waals surface area contributed by atoms with E-state index in [2.05, 4.69) is 5.32 Å². The number of nitrogens with zero attached hydrogens (tertiary/aromatic N) is 1. The van der Waals surface area contributed by atoms with Crippen LogP contribution in [0.5, 0.6) is 0 Å². The van der Waals surface area contributed by atoms with Crippen molar-refractivity contribution in [3.8, 4) is 0 Å². The topological polar surface area (TPSA) is 32.3 Å². The first-order chi connectivity index (χ1) is 8.18. The summed E-state index contributed by atoms with van der Waals surface area (Å²) < 4.78 is 0. The summed E-state index contributed by atoms with van der Waals surface area (Å²) in [7, 11) is 1.65. The van der Waals surface area contributed by atoms with Gasteiger partial charge in [-0.3, -0.25) is 9.69 Å². The number of carbonyl (C=O) groups is 1. The van der Waals surface area contributed by atoms with Crippen molar-refractivity contribution in [3.05, 3.63) is 53.7 Å². The predicted octanol–water partition coefficient (Wildman–Crippen LogP) is 1.93. The van der Waals surface area contributed by atoms with Gasteiger partial charge in [-0.2, -0.15) is 0 Å². The second-order valence-electron chi connectivity index (χ2n) is 3.64. The van der Waals surface area contributed by atoms with E-state index in [-0.39, 0.29) is 5.91 Å². The largest absolute Gasteiger partial charge is 0.328 e. The highest BCUT2D eigenvalue weighted by Crippen LogP contribution is 2.08. The number of allylic oxidation sites excluding steroid dienone is 2. The number of thiocarbonyl (C=S) groups is 1. The molecule has 86 valence electrons. The van der Waals surface area contributed by atoms with Crippen LogP contribution in [0, 0.1) is 0 Å². The van der Waals surface area contributed by atoms with E-state index in [0.29, 0.717) is 10.8 Å². The minimum Gasteiger partial charge on any atom is -0.328 e. The van der Waals surface area contributed by atoms with Gasteiger partial charge in [0, 0.05) is 7.05 Å². The summed E-state index contributed by atoms with van der Waals surface area (Å²) in [4.78, 5) is 13.0. The minimum absolute atomic E-state index is 0.104. The van der Waals surface area contributed by atoms with Gasteiger partial charge in [0.25, 0.3) is 5.91 Å². The van der Waals surface area contributed by atoms with E-state index in [0.717, 1.165) is 5.56 Å². The van der Waals surface area contributed by atoms with Crippen molar-refractivity contribution in [1.29, 1.82) is 0 Å². The molecule has 1 aliphatic heterocycles. The van der Waals surface area contributed by atoms with Crippen LogP contribution in [0.1, 0.15) is 5.56 Å². The Morgan fingerprint density at radius 2 is 2.00 bits per heavy atom. The summed E-state index contributed by atoms with van der Waals surface area (Å²) in [6.45, 7) is 0. The van der Waals surface area contributed by atoms with E-state index >= 15 is 0 Å². The fourth-order valence-electron chi connectivity index (χ4n) is 1.46. The smallest absolute Gasteiger partial charge is 0.276 e. The second-order valence-corrected chi connectivity index (χ2v) is 4.03. The van der Waals surface area contributed by atoms with Gasteiger partial charge in [0.2, 0.25) is 0 Å². The maximum absolute atomic E-state index is 11.6. The molecule has 0 atom stereocenters. The molecule has 1 aromatic carbocycles. The zero-order valence-corrected chi connectivity index (χ0v) is 10.2. The van der Waals surface area contributed by atoms with E-state index < -0.39 is 0 Å². The fourth-order valence-corrected chi connectivity index (χ4v) is 1.65. The van der Waals surface area contributed by atoms with Crippen LogP contribution < -0.4 is 5.32 Å². The van der Waals surface area contributed by atoms with Gasteiger partial charge >= 0.3 is 0 Å². The van der Waals surface area contributed by atoms with Gasteiger partial charge in [0.05, 0.1) is 0 Å². The molecular formula is C13H12N2OS. The summed E-state index contributed by atoms with van der Waals surface area (Å²) in [6.07, 6.45) is 5.49. The van der Waals surface area contributed by atoms with Gasteiger partial charge in [-0.25, -0.2) is 0 Å². The lowest BCUT2D eigenvalue weighted by molar-refractivity contribution is -0.121. The third-order valence-corrected chi connectivity index (χ3v) is 2.81. The monoisotopic (exact) mass is 244 g/mol. The quantitative estimate of drug-likeness (QED) is 0.637. The zero-order valence-electron chi connectivity index (χ0n) is 9.38. The number of hydrogen-bond acceptors (Lipinski definition) is 2. The van der Waals surface area contributed by atoms with Crippen LogP contribution in [-0.2, 0) is 4.79 Å². The summed E-state index contributed by atoms with van der Waals surface area (Å²) >= 11 is 4.97. The van der Waals surface area contributed by atoms with Gasteiger partial charge in [0.15, 0.2) is 5.11 Å². The van der Waals surface area contributed by atoms with Crippen LogP contribution in [0.25, 0.3) is 6.08 Å². The number of nitrogens with one attached hydrogen (secondary N) is 1. The number of likely N-dealkylation sites (N-methyl/N-ethyl adjacent to an activating group) is 1. The molecule has 0 spiro atoms. The lowest BCUT2D eigenvalue weighted by Gasteiger charge is -2.02. The Kier molecular flexibility index (Phi) is 3.35. The highest BCUT2D eigenvalue weighted by Gasteiger charge is 2.26. The predicted molar refractivity (Wildman–Crippen MR) is 72.1 cm³/mol. The molecule has 0 radical (unpaired) electrons. The lowest BCUT2D eigenvalue weighted by atomic mass is 10.2. The average molecular weight is 244 g/mol. The number of rotatable bonds is 2. The van der Waals surface area contributed by atoms with Crippen LogP contribution in [0.2, 0.25) is 0 Å². The third kappa shape index (κ3) is 2.60. The summed E-state index contributed by atoms with van der Waals surface area (Å²) in [5.74, 6) is -0.104. The van der Waals surface area contributed by atoms with Crippen molar-refractivity contribution in [2.45, 2.75) is 0 Å². The molecule has 0 bridgehead atoms. The summed E-state index contributed by atoms with van der Waals surface area (Å²) in [6, 6.07) is 9.89. The normalized spacial score (nSPS) is 18.2. The molecule has 1 aromatic rings. The number of hydrogen-bond donors (Lipinski definition) is 1. The molecule has 3 nitrogen and oxygen atoms in total. The van der Waals surface area contributed by atoms with Crippen LogP contribution in [0.3, 0.4) is 0 Å². The molecule has 1 amide bonds. The van der Waals surface area contributed by atoms with E-state index in [1.165, 1.54) is 4.90 Å².